The molecule has 0 spiro atoms. The number of fused-ring (bicyclic) bond motifs is 1. The highest BCUT2D eigenvalue weighted by molar-refractivity contribution is 5.94. The van der Waals surface area contributed by atoms with Gasteiger partial charge in [0.1, 0.15) is 5.52 Å². The zero-order chi connectivity index (χ0) is 20.7. The molecule has 1 heterocycles. The number of benzene rings is 1. The highest BCUT2D eigenvalue weighted by Gasteiger charge is 2.14. The van der Waals surface area contributed by atoms with E-state index in [4.69, 9.17) is 4.42 Å². The molecule has 0 amide bonds. The predicted octanol–water partition coefficient (Wildman–Crippen LogP) is 8.36. The van der Waals surface area contributed by atoms with Crippen molar-refractivity contribution in [2.45, 2.75) is 104 Å². The normalized spacial score (nSPS) is 11.7. The molecule has 3 heteroatoms. The Bertz CT molecular complexity index is 744. The predicted molar refractivity (Wildman–Crippen MR) is 123 cm³/mol. The minimum atomic E-state index is 0.0261. The van der Waals surface area contributed by atoms with E-state index >= 15 is 0 Å². The van der Waals surface area contributed by atoms with E-state index < -0.39 is 0 Å². The van der Waals surface area contributed by atoms with E-state index in [2.05, 4.69) is 24.1 Å². The van der Waals surface area contributed by atoms with Gasteiger partial charge in [0.2, 0.25) is 5.78 Å². The van der Waals surface area contributed by atoms with Crippen LogP contribution in [0.2, 0.25) is 0 Å². The van der Waals surface area contributed by atoms with Gasteiger partial charge in [-0.15, -0.1) is 0 Å². The maximum atomic E-state index is 12.3. The SMILES string of the molecule is CCCCCCCC/C=C\CCCCCCCC(=O)c1nc2cccc(C)c2o1. The van der Waals surface area contributed by atoms with Gasteiger partial charge in [-0.25, -0.2) is 4.98 Å². The Morgan fingerprint density at radius 1 is 0.897 bits per heavy atom. The number of para-hydroxylation sites is 1. The Morgan fingerprint density at radius 3 is 2.17 bits per heavy atom. The molecule has 3 nitrogen and oxygen atoms in total. The van der Waals surface area contributed by atoms with E-state index in [1.54, 1.807) is 0 Å². The van der Waals surface area contributed by atoms with Crippen LogP contribution in [0, 0.1) is 6.92 Å². The zero-order valence-electron chi connectivity index (χ0n) is 18.5. The van der Waals surface area contributed by atoms with Gasteiger partial charge >= 0.3 is 0 Å². The van der Waals surface area contributed by atoms with Gasteiger partial charge in [0, 0.05) is 6.42 Å². The van der Waals surface area contributed by atoms with E-state index in [-0.39, 0.29) is 11.7 Å². The third-order valence-electron chi connectivity index (χ3n) is 5.52. The smallest absolute Gasteiger partial charge is 0.264 e. The van der Waals surface area contributed by atoms with Crippen LogP contribution >= 0.6 is 0 Å². The fraction of sp³-hybridized carbons (Fsp3) is 0.615. The summed E-state index contributed by atoms with van der Waals surface area (Å²) in [7, 11) is 0. The Labute approximate surface area is 177 Å². The minimum absolute atomic E-state index is 0.0261. The van der Waals surface area contributed by atoms with Gasteiger partial charge in [0.05, 0.1) is 0 Å². The molecule has 0 atom stereocenters. The largest absolute Gasteiger partial charge is 0.433 e. The molecule has 29 heavy (non-hydrogen) atoms. The second kappa shape index (κ2) is 14.1. The lowest BCUT2D eigenvalue weighted by atomic mass is 10.1. The molecule has 0 radical (unpaired) electrons. The third kappa shape index (κ3) is 8.97. The van der Waals surface area contributed by atoms with Gasteiger partial charge in [0.25, 0.3) is 5.89 Å². The Balaban J connectivity index is 1.46. The van der Waals surface area contributed by atoms with Crippen LogP contribution in [-0.2, 0) is 0 Å². The Morgan fingerprint density at radius 2 is 1.52 bits per heavy atom. The minimum Gasteiger partial charge on any atom is -0.433 e. The molecule has 0 bridgehead atoms. The molecule has 0 unspecified atom stereocenters. The highest BCUT2D eigenvalue weighted by atomic mass is 16.4. The van der Waals surface area contributed by atoms with E-state index in [9.17, 15) is 4.79 Å². The van der Waals surface area contributed by atoms with Crippen LogP contribution < -0.4 is 0 Å². The van der Waals surface area contributed by atoms with Crippen LogP contribution in [0.15, 0.2) is 34.8 Å². The number of nitrogens with zero attached hydrogens (tertiary/aromatic N) is 1. The van der Waals surface area contributed by atoms with Crippen molar-refractivity contribution in [1.29, 1.82) is 0 Å². The quantitative estimate of drug-likeness (QED) is 0.162. The van der Waals surface area contributed by atoms with E-state index in [1.807, 2.05) is 25.1 Å². The molecular formula is C26H39NO2. The molecule has 0 saturated carbocycles. The number of rotatable bonds is 16. The molecule has 0 aliphatic rings. The first-order valence-corrected chi connectivity index (χ1v) is 11.8. The first kappa shape index (κ1) is 23.4. The van der Waals surface area contributed by atoms with Gasteiger partial charge < -0.3 is 4.42 Å². The second-order valence-electron chi connectivity index (χ2n) is 8.20. The number of aryl methyl sites for hydroxylation is 1. The topological polar surface area (TPSA) is 43.1 Å². The average molecular weight is 398 g/mol. The van der Waals surface area contributed by atoms with Gasteiger partial charge in [0.15, 0.2) is 5.58 Å². The van der Waals surface area contributed by atoms with Crippen LogP contribution in [0.25, 0.3) is 11.1 Å². The lowest BCUT2D eigenvalue weighted by Crippen LogP contribution is -1.98. The molecule has 1 aromatic carbocycles. The van der Waals surface area contributed by atoms with Gasteiger partial charge in [-0.05, 0) is 50.7 Å². The molecule has 0 aliphatic heterocycles. The average Bonchev–Trinajstić information content (AvgIpc) is 3.17. The van der Waals surface area contributed by atoms with Crippen molar-refractivity contribution in [3.63, 3.8) is 0 Å². The second-order valence-corrected chi connectivity index (χ2v) is 8.20. The van der Waals surface area contributed by atoms with Gasteiger partial charge in [-0.3, -0.25) is 4.79 Å². The highest BCUT2D eigenvalue weighted by Crippen LogP contribution is 2.20. The summed E-state index contributed by atoms with van der Waals surface area (Å²) in [5.41, 5.74) is 2.54. The Hall–Kier alpha value is -1.90. The molecule has 0 fully saturated rings. The number of aromatic nitrogens is 1. The molecule has 0 aliphatic carbocycles. The number of unbranched alkanes of at least 4 members (excludes halogenated alkanes) is 11. The summed E-state index contributed by atoms with van der Waals surface area (Å²) in [6.45, 7) is 4.24. The number of allylic oxidation sites excluding steroid dienone is 2. The van der Waals surface area contributed by atoms with Crippen LogP contribution in [0.5, 0.6) is 0 Å². The molecule has 160 valence electrons. The lowest BCUT2D eigenvalue weighted by Gasteiger charge is -2.00. The van der Waals surface area contributed by atoms with Crippen molar-refractivity contribution in [2.24, 2.45) is 0 Å². The van der Waals surface area contributed by atoms with Crippen molar-refractivity contribution in [1.82, 2.24) is 4.98 Å². The molecule has 2 rings (SSSR count). The summed E-state index contributed by atoms with van der Waals surface area (Å²) in [5, 5.41) is 0. The number of hydrogen-bond donors (Lipinski definition) is 0. The van der Waals surface area contributed by atoms with Crippen molar-refractivity contribution < 1.29 is 9.21 Å². The van der Waals surface area contributed by atoms with Crippen molar-refractivity contribution >= 4 is 16.9 Å². The summed E-state index contributed by atoms with van der Waals surface area (Å²) >= 11 is 0. The van der Waals surface area contributed by atoms with E-state index in [1.165, 1.54) is 70.6 Å². The van der Waals surface area contributed by atoms with Crippen molar-refractivity contribution in [3.8, 4) is 0 Å². The number of oxazole rings is 1. The summed E-state index contributed by atoms with van der Waals surface area (Å²) in [4.78, 5) is 16.6. The van der Waals surface area contributed by atoms with Crippen LogP contribution in [0.3, 0.4) is 0 Å². The van der Waals surface area contributed by atoms with E-state index in [0.717, 1.165) is 29.5 Å². The number of Topliss-reactive ketones (excluding diaryl/α,β-unsaturated/α-hetero) is 1. The van der Waals surface area contributed by atoms with Crippen molar-refractivity contribution in [2.75, 3.05) is 0 Å². The van der Waals surface area contributed by atoms with Crippen LogP contribution in [0.1, 0.15) is 113 Å². The maximum Gasteiger partial charge on any atom is 0.264 e. The number of ketones is 1. The maximum absolute atomic E-state index is 12.3. The van der Waals surface area contributed by atoms with Crippen LogP contribution in [-0.4, -0.2) is 10.8 Å². The molecule has 0 N–H and O–H groups in total. The molecule has 1 aromatic heterocycles. The number of hydrogen-bond acceptors (Lipinski definition) is 3. The number of carbonyl (C=O) groups is 1. The standard InChI is InChI=1S/C26H39NO2/c1-3-4-5-6-7-8-9-10-11-12-13-14-15-16-17-21-24(28)26-27-23-20-18-19-22(2)25(23)29-26/h10-11,18-20H,3-9,12-17,21H2,1-2H3/b11-10-. The zero-order valence-corrected chi connectivity index (χ0v) is 18.5. The fourth-order valence-corrected chi connectivity index (χ4v) is 3.67. The summed E-state index contributed by atoms with van der Waals surface area (Å²) < 4.78 is 5.67. The van der Waals surface area contributed by atoms with E-state index in [0.29, 0.717) is 6.42 Å². The number of carbonyl (C=O) groups excluding carboxylic acids is 1. The summed E-state index contributed by atoms with van der Waals surface area (Å²) in [5.74, 6) is 0.294. The van der Waals surface area contributed by atoms with Crippen molar-refractivity contribution in [3.05, 3.63) is 41.8 Å². The van der Waals surface area contributed by atoms with Crippen LogP contribution in [0.4, 0.5) is 0 Å². The third-order valence-corrected chi connectivity index (χ3v) is 5.52. The monoisotopic (exact) mass is 397 g/mol. The molecule has 2 aromatic rings. The lowest BCUT2D eigenvalue weighted by molar-refractivity contribution is 0.0947. The fourth-order valence-electron chi connectivity index (χ4n) is 3.67. The molecular weight excluding hydrogens is 358 g/mol. The first-order valence-electron chi connectivity index (χ1n) is 11.8. The Kier molecular flexibility index (Phi) is 11.4. The summed E-state index contributed by atoms with van der Waals surface area (Å²) in [6, 6.07) is 5.81. The molecule has 0 saturated heterocycles. The van der Waals surface area contributed by atoms with Gasteiger partial charge in [-0.2, -0.15) is 0 Å². The first-order chi connectivity index (χ1) is 14.2. The summed E-state index contributed by atoms with van der Waals surface area (Å²) in [6.07, 6.45) is 21.6. The van der Waals surface area contributed by atoms with Gasteiger partial charge in [-0.1, -0.05) is 82.6 Å².